The molecule has 0 unspecified atom stereocenters. The molecule has 0 spiro atoms. The van der Waals surface area contributed by atoms with Crippen LogP contribution in [-0.2, 0) is 11.8 Å². The molecule has 168 valence electrons. The molecule has 32 heavy (non-hydrogen) atoms. The van der Waals surface area contributed by atoms with Crippen molar-refractivity contribution in [2.45, 2.75) is 6.42 Å². The fraction of sp³-hybridized carbons (Fsp3) is 0.440. The van der Waals surface area contributed by atoms with Crippen LogP contribution in [0.5, 0.6) is 5.75 Å². The zero-order valence-electron chi connectivity index (χ0n) is 19.0. The third-order valence-electron chi connectivity index (χ3n) is 6.91. The van der Waals surface area contributed by atoms with Gasteiger partial charge in [0.2, 0.25) is 5.91 Å². The molecule has 7 heteroatoms. The Hall–Kier alpha value is -2.90. The number of methoxy groups -OCH3 is 1. The van der Waals surface area contributed by atoms with E-state index in [-0.39, 0.29) is 11.8 Å². The Labute approximate surface area is 189 Å². The second-order valence-corrected chi connectivity index (χ2v) is 9.11. The number of piperazine rings is 1. The summed E-state index contributed by atoms with van der Waals surface area (Å²) in [6, 6.07) is 12.1. The minimum Gasteiger partial charge on any atom is -0.496 e. The van der Waals surface area contributed by atoms with Gasteiger partial charge in [-0.15, -0.1) is 0 Å². The number of para-hydroxylation sites is 1. The summed E-state index contributed by atoms with van der Waals surface area (Å²) < 4.78 is 7.65. The standard InChI is InChI=1S/C25H31N5O2/c1-28-8-10-30(11-9-28)16-18-12-20(18)25(31)27-24-14-17-13-21(29(2)22(17)15-26-24)19-6-4-5-7-23(19)32-3/h4-7,13-15,18,20H,8-12,16H2,1-3H3,(H,26,27,31)/t18-,20-/m1/s1. The number of rotatable bonds is 6. The fourth-order valence-electron chi connectivity index (χ4n) is 4.77. The molecule has 5 rings (SSSR count). The number of amides is 1. The third kappa shape index (κ3) is 4.10. The maximum atomic E-state index is 12.8. The molecule has 1 aliphatic carbocycles. The van der Waals surface area contributed by atoms with Gasteiger partial charge in [-0.3, -0.25) is 4.79 Å². The summed E-state index contributed by atoms with van der Waals surface area (Å²) in [6.07, 6.45) is 2.81. The van der Waals surface area contributed by atoms with E-state index in [9.17, 15) is 4.79 Å². The Kier molecular flexibility index (Phi) is 5.61. The molecule has 0 radical (unpaired) electrons. The number of carbonyl (C=O) groups excluding carboxylic acids is 1. The summed E-state index contributed by atoms with van der Waals surface area (Å²) in [7, 11) is 5.88. The highest BCUT2D eigenvalue weighted by Crippen LogP contribution is 2.40. The molecule has 0 bridgehead atoms. The van der Waals surface area contributed by atoms with Crippen molar-refractivity contribution in [2.75, 3.05) is 52.2 Å². The summed E-state index contributed by atoms with van der Waals surface area (Å²) in [5.41, 5.74) is 3.10. The summed E-state index contributed by atoms with van der Waals surface area (Å²) in [6.45, 7) is 5.45. The molecule has 2 aliphatic rings. The lowest BCUT2D eigenvalue weighted by Gasteiger charge is -2.32. The van der Waals surface area contributed by atoms with Crippen molar-refractivity contribution in [2.24, 2.45) is 18.9 Å². The summed E-state index contributed by atoms with van der Waals surface area (Å²) in [5.74, 6) is 2.12. The summed E-state index contributed by atoms with van der Waals surface area (Å²) in [5, 5.41) is 4.10. The number of hydrogen-bond acceptors (Lipinski definition) is 5. The van der Waals surface area contributed by atoms with Crippen LogP contribution in [0.3, 0.4) is 0 Å². The Morgan fingerprint density at radius 2 is 1.94 bits per heavy atom. The molecule has 7 nitrogen and oxygen atoms in total. The zero-order valence-corrected chi connectivity index (χ0v) is 19.0. The highest BCUT2D eigenvalue weighted by molar-refractivity contribution is 5.96. The van der Waals surface area contributed by atoms with Crippen LogP contribution in [0, 0.1) is 11.8 Å². The normalized spacial score (nSPS) is 21.6. The quantitative estimate of drug-likeness (QED) is 0.647. The topological polar surface area (TPSA) is 62.6 Å². The fourth-order valence-corrected chi connectivity index (χ4v) is 4.77. The first-order chi connectivity index (χ1) is 15.5. The lowest BCUT2D eigenvalue weighted by atomic mass is 10.1. The highest BCUT2D eigenvalue weighted by Gasteiger charge is 2.43. The van der Waals surface area contributed by atoms with Crippen molar-refractivity contribution < 1.29 is 9.53 Å². The van der Waals surface area contributed by atoms with Gasteiger partial charge in [-0.2, -0.15) is 0 Å². The predicted octanol–water partition coefficient (Wildman–Crippen LogP) is 3.07. The monoisotopic (exact) mass is 433 g/mol. The van der Waals surface area contributed by atoms with Gasteiger partial charge in [-0.1, -0.05) is 12.1 Å². The number of nitrogens with one attached hydrogen (secondary N) is 1. The van der Waals surface area contributed by atoms with Crippen molar-refractivity contribution in [3.05, 3.63) is 42.6 Å². The third-order valence-corrected chi connectivity index (χ3v) is 6.91. The number of nitrogens with zero attached hydrogens (tertiary/aromatic N) is 4. The maximum Gasteiger partial charge on any atom is 0.228 e. The van der Waals surface area contributed by atoms with E-state index in [1.165, 1.54) is 0 Å². The molecule has 1 N–H and O–H groups in total. The van der Waals surface area contributed by atoms with Gasteiger partial charge in [-0.25, -0.2) is 4.98 Å². The number of anilines is 1. The Morgan fingerprint density at radius 3 is 2.72 bits per heavy atom. The molecule has 1 saturated carbocycles. The maximum absolute atomic E-state index is 12.8. The first-order valence-corrected chi connectivity index (χ1v) is 11.3. The van der Waals surface area contributed by atoms with E-state index in [4.69, 9.17) is 4.74 Å². The van der Waals surface area contributed by atoms with Gasteiger partial charge in [0.25, 0.3) is 0 Å². The zero-order chi connectivity index (χ0) is 22.2. The molecular formula is C25H31N5O2. The van der Waals surface area contributed by atoms with Crippen LogP contribution in [0.2, 0.25) is 0 Å². The van der Waals surface area contributed by atoms with Crippen molar-refractivity contribution in [3.8, 4) is 17.0 Å². The van der Waals surface area contributed by atoms with Crippen LogP contribution in [0.4, 0.5) is 5.82 Å². The van der Waals surface area contributed by atoms with Crippen LogP contribution in [0.25, 0.3) is 22.2 Å². The van der Waals surface area contributed by atoms with E-state index in [1.807, 2.05) is 37.5 Å². The molecule has 1 saturated heterocycles. The predicted molar refractivity (Wildman–Crippen MR) is 127 cm³/mol. The number of aromatic nitrogens is 2. The Morgan fingerprint density at radius 1 is 1.16 bits per heavy atom. The number of likely N-dealkylation sites (N-methyl/N-ethyl adjacent to an activating group) is 1. The largest absolute Gasteiger partial charge is 0.496 e. The van der Waals surface area contributed by atoms with Crippen LogP contribution in [0.15, 0.2) is 42.6 Å². The van der Waals surface area contributed by atoms with Gasteiger partial charge in [0.1, 0.15) is 11.6 Å². The number of pyridine rings is 1. The molecule has 1 amide bonds. The van der Waals surface area contributed by atoms with E-state index >= 15 is 0 Å². The van der Waals surface area contributed by atoms with Crippen molar-refractivity contribution in [3.63, 3.8) is 0 Å². The van der Waals surface area contributed by atoms with Gasteiger partial charge in [0.05, 0.1) is 24.5 Å². The average molecular weight is 434 g/mol. The number of benzene rings is 1. The van der Waals surface area contributed by atoms with Crippen molar-refractivity contribution in [1.82, 2.24) is 19.4 Å². The molecule has 1 aromatic carbocycles. The number of hydrogen-bond donors (Lipinski definition) is 1. The van der Waals surface area contributed by atoms with Gasteiger partial charge in [0, 0.05) is 56.6 Å². The van der Waals surface area contributed by atoms with Gasteiger partial charge in [-0.05, 0) is 43.7 Å². The van der Waals surface area contributed by atoms with E-state index in [1.54, 1.807) is 7.11 Å². The number of aryl methyl sites for hydroxylation is 1. The first-order valence-electron chi connectivity index (χ1n) is 11.3. The molecular weight excluding hydrogens is 402 g/mol. The first kappa shape index (κ1) is 21.0. The molecule has 2 atom stereocenters. The van der Waals surface area contributed by atoms with E-state index < -0.39 is 0 Å². The minimum absolute atomic E-state index is 0.0943. The lowest BCUT2D eigenvalue weighted by molar-refractivity contribution is -0.117. The van der Waals surface area contributed by atoms with Crippen molar-refractivity contribution >= 4 is 22.6 Å². The van der Waals surface area contributed by atoms with Gasteiger partial charge >= 0.3 is 0 Å². The number of ether oxygens (including phenoxy) is 1. The van der Waals surface area contributed by atoms with Crippen molar-refractivity contribution in [1.29, 1.82) is 0 Å². The van der Waals surface area contributed by atoms with E-state index in [2.05, 4.69) is 43.8 Å². The van der Waals surface area contributed by atoms with E-state index in [0.717, 1.165) is 67.1 Å². The average Bonchev–Trinajstić information content (AvgIpc) is 3.50. The Bertz CT molecular complexity index is 1130. The number of carbonyl (C=O) groups is 1. The SMILES string of the molecule is COc1ccccc1-c1cc2cc(NC(=O)[C@@H]3C[C@@H]3CN3CCN(C)CC3)ncc2n1C. The molecule has 2 aromatic heterocycles. The molecule has 3 heterocycles. The highest BCUT2D eigenvalue weighted by atomic mass is 16.5. The van der Waals surface area contributed by atoms with Crippen LogP contribution >= 0.6 is 0 Å². The van der Waals surface area contributed by atoms with Crippen LogP contribution < -0.4 is 10.1 Å². The van der Waals surface area contributed by atoms with Gasteiger partial charge < -0.3 is 24.4 Å². The van der Waals surface area contributed by atoms with Crippen LogP contribution in [0.1, 0.15) is 6.42 Å². The molecule has 3 aromatic rings. The minimum atomic E-state index is 0.0943. The van der Waals surface area contributed by atoms with Crippen LogP contribution in [-0.4, -0.2) is 72.1 Å². The molecule has 2 fully saturated rings. The number of fused-ring (bicyclic) bond motifs is 1. The smallest absolute Gasteiger partial charge is 0.228 e. The second-order valence-electron chi connectivity index (χ2n) is 9.11. The summed E-state index contributed by atoms with van der Waals surface area (Å²) in [4.78, 5) is 22.2. The second kappa shape index (κ2) is 8.56. The van der Waals surface area contributed by atoms with E-state index in [0.29, 0.717) is 11.7 Å². The Balaban J connectivity index is 1.27. The summed E-state index contributed by atoms with van der Waals surface area (Å²) >= 11 is 0. The van der Waals surface area contributed by atoms with Gasteiger partial charge in [0.15, 0.2) is 0 Å². The lowest BCUT2D eigenvalue weighted by Crippen LogP contribution is -2.45. The molecule has 1 aliphatic heterocycles.